The summed E-state index contributed by atoms with van der Waals surface area (Å²) in [5, 5.41) is 3.11. The Morgan fingerprint density at radius 1 is 0.941 bits per heavy atom. The summed E-state index contributed by atoms with van der Waals surface area (Å²) in [7, 11) is 4.39. The highest BCUT2D eigenvalue weighted by atomic mass is 16.5. The monoisotopic (exact) mass is 460 g/mol. The van der Waals surface area contributed by atoms with Crippen LogP contribution in [0.2, 0.25) is 0 Å². The number of nitrogens with one attached hydrogen (secondary N) is 1. The van der Waals surface area contributed by atoms with Gasteiger partial charge in [0.1, 0.15) is 16.7 Å². The normalized spacial score (nSPS) is 10.7. The summed E-state index contributed by atoms with van der Waals surface area (Å²) in [6, 6.07) is 15.1. The van der Waals surface area contributed by atoms with Crippen LogP contribution in [-0.4, -0.2) is 27.2 Å². The molecule has 0 atom stereocenters. The lowest BCUT2D eigenvalue weighted by Gasteiger charge is -2.14. The maximum Gasteiger partial charge on any atom is 0.256 e. The minimum atomic E-state index is -0.307. The molecule has 4 rings (SSSR count). The van der Waals surface area contributed by atoms with Gasteiger partial charge >= 0.3 is 0 Å². The van der Waals surface area contributed by atoms with Crippen molar-refractivity contribution in [2.45, 2.75) is 6.92 Å². The number of ether oxygens (including phenoxy) is 3. The van der Waals surface area contributed by atoms with Gasteiger partial charge in [0.15, 0.2) is 16.9 Å². The molecule has 1 aromatic heterocycles. The molecule has 0 aliphatic rings. The number of hydrogen-bond donors (Lipinski definition) is 2. The maximum absolute atomic E-state index is 13.0. The molecular weight excluding hydrogens is 436 g/mol. The van der Waals surface area contributed by atoms with Crippen molar-refractivity contribution in [3.63, 3.8) is 0 Å². The van der Waals surface area contributed by atoms with Gasteiger partial charge in [-0.15, -0.1) is 0 Å². The third-order valence-electron chi connectivity index (χ3n) is 5.43. The molecule has 0 bridgehead atoms. The summed E-state index contributed by atoms with van der Waals surface area (Å²) >= 11 is 0. The number of fused-ring (bicyclic) bond motifs is 1. The van der Waals surface area contributed by atoms with Gasteiger partial charge in [-0.05, 0) is 36.8 Å². The van der Waals surface area contributed by atoms with Crippen LogP contribution in [0.15, 0.2) is 63.8 Å². The second-order valence-corrected chi connectivity index (χ2v) is 7.60. The number of aryl methyl sites for hydroxylation is 1. The number of hydrogen-bond acceptors (Lipinski definition) is 7. The van der Waals surface area contributed by atoms with Gasteiger partial charge in [0.25, 0.3) is 5.91 Å². The number of carbonyl (C=O) groups is 1. The van der Waals surface area contributed by atoms with E-state index >= 15 is 0 Å². The van der Waals surface area contributed by atoms with Gasteiger partial charge < -0.3 is 29.7 Å². The quantitative estimate of drug-likeness (QED) is 0.403. The van der Waals surface area contributed by atoms with E-state index in [0.717, 1.165) is 5.56 Å². The van der Waals surface area contributed by atoms with Crippen molar-refractivity contribution < 1.29 is 23.4 Å². The minimum Gasteiger partial charge on any atom is -0.493 e. The topological polar surface area (TPSA) is 113 Å². The summed E-state index contributed by atoms with van der Waals surface area (Å²) < 4.78 is 22.2. The number of nitrogen functional groups attached to an aromatic ring is 1. The highest BCUT2D eigenvalue weighted by Gasteiger charge is 2.21. The molecule has 0 unspecified atom stereocenters. The second-order valence-electron chi connectivity index (χ2n) is 7.60. The molecule has 0 aliphatic carbocycles. The number of anilines is 2. The number of methoxy groups -OCH3 is 3. The molecule has 0 saturated carbocycles. The average molecular weight is 460 g/mol. The summed E-state index contributed by atoms with van der Waals surface area (Å²) in [5.74, 6) is 0.937. The molecule has 3 N–H and O–H groups in total. The Morgan fingerprint density at radius 2 is 1.71 bits per heavy atom. The molecule has 1 heterocycles. The van der Waals surface area contributed by atoms with Crippen LogP contribution in [0.1, 0.15) is 15.9 Å². The Hall–Kier alpha value is -4.46. The summed E-state index contributed by atoms with van der Waals surface area (Å²) in [4.78, 5) is 25.8. The van der Waals surface area contributed by atoms with Crippen molar-refractivity contribution in [3.8, 4) is 28.6 Å². The first-order valence-corrected chi connectivity index (χ1v) is 10.4. The number of carbonyl (C=O) groups excluding carboxylic acids is 1. The van der Waals surface area contributed by atoms with Crippen LogP contribution in [-0.2, 0) is 0 Å². The third-order valence-corrected chi connectivity index (χ3v) is 5.43. The van der Waals surface area contributed by atoms with Crippen LogP contribution in [0.25, 0.3) is 22.3 Å². The van der Waals surface area contributed by atoms with E-state index in [2.05, 4.69) is 5.32 Å². The van der Waals surface area contributed by atoms with Crippen molar-refractivity contribution in [1.29, 1.82) is 0 Å². The van der Waals surface area contributed by atoms with E-state index in [1.54, 1.807) is 48.5 Å². The van der Waals surface area contributed by atoms with Gasteiger partial charge in [0, 0.05) is 34.6 Å². The molecule has 1 amide bonds. The average Bonchev–Trinajstić information content (AvgIpc) is 2.84. The number of nitrogens with two attached hydrogens (primary N) is 1. The van der Waals surface area contributed by atoms with E-state index in [0.29, 0.717) is 39.8 Å². The van der Waals surface area contributed by atoms with E-state index in [1.165, 1.54) is 27.4 Å². The van der Waals surface area contributed by atoms with Crippen molar-refractivity contribution in [2.24, 2.45) is 0 Å². The first-order valence-electron chi connectivity index (χ1n) is 10.4. The van der Waals surface area contributed by atoms with Gasteiger partial charge in [-0.25, -0.2) is 0 Å². The van der Waals surface area contributed by atoms with Crippen molar-refractivity contribution in [1.82, 2.24) is 0 Å². The third kappa shape index (κ3) is 4.13. The highest BCUT2D eigenvalue weighted by Crippen LogP contribution is 2.42. The molecule has 0 fully saturated rings. The largest absolute Gasteiger partial charge is 0.493 e. The fourth-order valence-electron chi connectivity index (χ4n) is 3.76. The van der Waals surface area contributed by atoms with Crippen LogP contribution in [0, 0.1) is 6.92 Å². The van der Waals surface area contributed by atoms with Gasteiger partial charge in [0.2, 0.25) is 5.75 Å². The zero-order chi connectivity index (χ0) is 24.4. The highest BCUT2D eigenvalue weighted by molar-refractivity contribution is 6.06. The molecule has 34 heavy (non-hydrogen) atoms. The van der Waals surface area contributed by atoms with Gasteiger partial charge in [-0.1, -0.05) is 18.2 Å². The second kappa shape index (κ2) is 9.19. The summed E-state index contributed by atoms with van der Waals surface area (Å²) in [6.07, 6.45) is 0. The molecule has 0 spiro atoms. The SMILES string of the molecule is COc1cc2oc(-c3cccc(NC(=O)c4cc(N)ccc4C)c3)cc(=O)c2c(OC)c1OC. The molecule has 174 valence electrons. The van der Waals surface area contributed by atoms with E-state index in [9.17, 15) is 9.59 Å². The molecule has 4 aromatic rings. The number of benzene rings is 3. The van der Waals surface area contributed by atoms with Gasteiger partial charge in [-0.3, -0.25) is 9.59 Å². The Morgan fingerprint density at radius 3 is 2.41 bits per heavy atom. The van der Waals surface area contributed by atoms with Crippen molar-refractivity contribution >= 4 is 28.3 Å². The lowest BCUT2D eigenvalue weighted by molar-refractivity contribution is 0.102. The first kappa shape index (κ1) is 22.7. The van der Waals surface area contributed by atoms with Crippen LogP contribution in [0.4, 0.5) is 11.4 Å². The number of amides is 1. The lowest BCUT2D eigenvalue weighted by atomic mass is 10.1. The van der Waals surface area contributed by atoms with E-state index in [4.69, 9.17) is 24.4 Å². The van der Waals surface area contributed by atoms with Crippen LogP contribution in [0.3, 0.4) is 0 Å². The predicted octanol–water partition coefficient (Wildman–Crippen LogP) is 4.63. The fourth-order valence-corrected chi connectivity index (χ4v) is 3.76. The Balaban J connectivity index is 1.75. The minimum absolute atomic E-state index is 0.232. The zero-order valence-corrected chi connectivity index (χ0v) is 19.2. The van der Waals surface area contributed by atoms with Gasteiger partial charge in [-0.2, -0.15) is 0 Å². The Labute approximate surface area is 195 Å². The molecule has 0 saturated heterocycles. The van der Waals surface area contributed by atoms with Crippen LogP contribution < -0.4 is 30.7 Å². The maximum atomic E-state index is 13.0. The van der Waals surface area contributed by atoms with Crippen molar-refractivity contribution in [3.05, 3.63) is 75.9 Å². The summed E-state index contributed by atoms with van der Waals surface area (Å²) in [5.41, 5.74) is 8.74. The zero-order valence-electron chi connectivity index (χ0n) is 19.2. The molecule has 8 nitrogen and oxygen atoms in total. The predicted molar refractivity (Wildman–Crippen MR) is 131 cm³/mol. The number of rotatable bonds is 6. The Bertz CT molecular complexity index is 1460. The van der Waals surface area contributed by atoms with E-state index in [1.807, 2.05) is 6.92 Å². The van der Waals surface area contributed by atoms with Crippen molar-refractivity contribution in [2.75, 3.05) is 32.4 Å². The molecule has 8 heteroatoms. The van der Waals surface area contributed by atoms with E-state index < -0.39 is 0 Å². The Kier molecular flexibility index (Phi) is 6.14. The standard InChI is InChI=1S/C26H24N2O6/c1-14-8-9-16(27)11-18(14)26(30)28-17-7-5-6-15(10-17)20-12-19(29)23-21(34-20)13-22(31-2)24(32-3)25(23)33-4/h5-13H,27H2,1-4H3,(H,28,30). The lowest BCUT2D eigenvalue weighted by Crippen LogP contribution is -2.13. The molecular formula is C26H24N2O6. The molecule has 3 aromatic carbocycles. The molecule has 0 radical (unpaired) electrons. The fraction of sp³-hybridized carbons (Fsp3) is 0.154. The smallest absolute Gasteiger partial charge is 0.256 e. The van der Waals surface area contributed by atoms with Crippen LogP contribution in [0.5, 0.6) is 17.2 Å². The summed E-state index contributed by atoms with van der Waals surface area (Å²) in [6.45, 7) is 1.84. The molecule has 0 aliphatic heterocycles. The van der Waals surface area contributed by atoms with Crippen LogP contribution >= 0.6 is 0 Å². The first-order chi connectivity index (χ1) is 16.4. The van der Waals surface area contributed by atoms with E-state index in [-0.39, 0.29) is 28.1 Å². The van der Waals surface area contributed by atoms with Gasteiger partial charge in [0.05, 0.1) is 21.3 Å².